The molecule has 4 aromatic rings. The van der Waals surface area contributed by atoms with Gasteiger partial charge in [0.2, 0.25) is 0 Å². The number of hydrogen-bond acceptors (Lipinski definition) is 2. The van der Waals surface area contributed by atoms with Crippen molar-refractivity contribution in [2.24, 2.45) is 4.99 Å². The lowest BCUT2D eigenvalue weighted by Crippen LogP contribution is -2.38. The van der Waals surface area contributed by atoms with Gasteiger partial charge in [-0.2, -0.15) is 5.10 Å². The lowest BCUT2D eigenvalue weighted by molar-refractivity contribution is 0.629. The molecular weight excluding hydrogens is 518 g/mol. The number of fused-ring (bicyclic) bond motifs is 1. The molecule has 168 valence electrons. The maximum absolute atomic E-state index is 13.6. The maximum Gasteiger partial charge on any atom is 0.191 e. The number of nitrogens with one attached hydrogen (secondary N) is 3. The van der Waals surface area contributed by atoms with Gasteiger partial charge in [-0.1, -0.05) is 18.2 Å². The Kier molecular flexibility index (Phi) is 7.89. The van der Waals surface area contributed by atoms with Gasteiger partial charge in [0.15, 0.2) is 5.96 Å². The molecule has 2 heterocycles. The Morgan fingerprint density at radius 1 is 1.12 bits per heavy atom. The highest BCUT2D eigenvalue weighted by Gasteiger charge is 2.13. The molecule has 0 spiro atoms. The van der Waals surface area contributed by atoms with Gasteiger partial charge >= 0.3 is 0 Å². The number of rotatable bonds is 6. The minimum atomic E-state index is -0.222. The number of aromatic amines is 1. The first kappa shape index (κ1) is 23.8. The molecule has 8 heteroatoms. The summed E-state index contributed by atoms with van der Waals surface area (Å²) in [6, 6.07) is 14.9. The van der Waals surface area contributed by atoms with Gasteiger partial charge in [-0.3, -0.25) is 4.99 Å². The molecule has 0 radical (unpaired) electrons. The van der Waals surface area contributed by atoms with Crippen molar-refractivity contribution in [3.05, 3.63) is 83.1 Å². The van der Waals surface area contributed by atoms with Crippen molar-refractivity contribution in [2.45, 2.75) is 26.8 Å². The summed E-state index contributed by atoms with van der Waals surface area (Å²) in [5, 5.41) is 12.3. The van der Waals surface area contributed by atoms with Crippen LogP contribution in [0.25, 0.3) is 16.6 Å². The third kappa shape index (κ3) is 5.12. The average molecular weight is 546 g/mol. The van der Waals surface area contributed by atoms with Crippen LogP contribution in [0.4, 0.5) is 4.39 Å². The molecule has 0 saturated heterocycles. The molecule has 32 heavy (non-hydrogen) atoms. The number of nitrogens with zero attached hydrogens (tertiary/aromatic N) is 3. The maximum atomic E-state index is 13.6. The van der Waals surface area contributed by atoms with Crippen LogP contribution in [0.1, 0.15) is 22.5 Å². The largest absolute Gasteiger partial charge is 0.361 e. The van der Waals surface area contributed by atoms with Crippen LogP contribution in [0, 0.1) is 19.7 Å². The second kappa shape index (κ2) is 10.6. The van der Waals surface area contributed by atoms with E-state index in [0.717, 1.165) is 51.5 Å². The van der Waals surface area contributed by atoms with Crippen LogP contribution >= 0.6 is 24.0 Å². The average Bonchev–Trinajstić information content (AvgIpc) is 3.31. The number of aryl methyl sites for hydroxylation is 1. The lowest BCUT2D eigenvalue weighted by atomic mass is 10.1. The van der Waals surface area contributed by atoms with Crippen molar-refractivity contribution < 1.29 is 4.39 Å². The quantitative estimate of drug-likeness (QED) is 0.188. The van der Waals surface area contributed by atoms with E-state index in [0.29, 0.717) is 13.1 Å². The first-order valence-corrected chi connectivity index (χ1v) is 10.4. The molecule has 6 nitrogen and oxygen atoms in total. The van der Waals surface area contributed by atoms with Crippen molar-refractivity contribution in [1.29, 1.82) is 0 Å². The molecule has 2 aromatic carbocycles. The Balaban J connectivity index is 0.00000289. The van der Waals surface area contributed by atoms with Gasteiger partial charge < -0.3 is 15.6 Å². The highest BCUT2D eigenvalue weighted by Crippen LogP contribution is 2.20. The number of benzene rings is 2. The topological polar surface area (TPSA) is 70.0 Å². The minimum absolute atomic E-state index is 0. The van der Waals surface area contributed by atoms with Gasteiger partial charge in [0.1, 0.15) is 5.82 Å². The zero-order valence-electron chi connectivity index (χ0n) is 18.4. The van der Waals surface area contributed by atoms with Crippen molar-refractivity contribution in [3.63, 3.8) is 0 Å². The highest BCUT2D eigenvalue weighted by molar-refractivity contribution is 14.0. The van der Waals surface area contributed by atoms with Gasteiger partial charge in [-0.05, 0) is 56.2 Å². The van der Waals surface area contributed by atoms with E-state index in [2.05, 4.69) is 27.5 Å². The molecule has 0 saturated carbocycles. The first-order valence-electron chi connectivity index (χ1n) is 10.4. The summed E-state index contributed by atoms with van der Waals surface area (Å²) in [5.74, 6) is 0.498. The summed E-state index contributed by atoms with van der Waals surface area (Å²) < 4.78 is 15.5. The summed E-state index contributed by atoms with van der Waals surface area (Å²) in [7, 11) is 1.75. The van der Waals surface area contributed by atoms with Crippen molar-refractivity contribution in [3.8, 4) is 5.69 Å². The van der Waals surface area contributed by atoms with E-state index in [-0.39, 0.29) is 29.8 Å². The van der Waals surface area contributed by atoms with E-state index in [1.807, 2.05) is 48.1 Å². The fraction of sp³-hybridized carbons (Fsp3) is 0.250. The third-order valence-electron chi connectivity index (χ3n) is 5.51. The Bertz CT molecular complexity index is 1210. The summed E-state index contributed by atoms with van der Waals surface area (Å²) in [5.41, 5.74) is 6.32. The summed E-state index contributed by atoms with van der Waals surface area (Å²) >= 11 is 0. The summed E-state index contributed by atoms with van der Waals surface area (Å²) in [6.45, 7) is 5.42. The molecule has 3 N–H and O–H groups in total. The lowest BCUT2D eigenvalue weighted by Gasteiger charge is -2.12. The standard InChI is InChI=1S/C24H27FN6.HI/c1-16-22(17(2)31(30-16)20-7-5-4-6-8-20)15-29-24(26-3)27-12-11-18-14-28-23-10-9-19(25)13-21(18)23;/h4-10,13-14,28H,11-12,15H2,1-3H3,(H2,26,27,29);1H. The summed E-state index contributed by atoms with van der Waals surface area (Å²) in [6.07, 6.45) is 2.70. The molecule has 0 atom stereocenters. The van der Waals surface area contributed by atoms with E-state index in [1.54, 1.807) is 19.2 Å². The molecule has 0 fully saturated rings. The van der Waals surface area contributed by atoms with Gasteiger partial charge in [0.05, 0.1) is 11.4 Å². The van der Waals surface area contributed by atoms with Crippen molar-refractivity contribution in [1.82, 2.24) is 25.4 Å². The van der Waals surface area contributed by atoms with Gasteiger partial charge in [-0.25, -0.2) is 9.07 Å². The van der Waals surface area contributed by atoms with Crippen LogP contribution in [-0.2, 0) is 13.0 Å². The molecule has 0 aliphatic heterocycles. The molecule has 0 amide bonds. The number of aromatic nitrogens is 3. The molecular formula is C24H28FIN6. The van der Waals surface area contributed by atoms with E-state index < -0.39 is 0 Å². The van der Waals surface area contributed by atoms with Crippen molar-refractivity contribution >= 4 is 40.8 Å². The number of hydrogen-bond donors (Lipinski definition) is 3. The Hall–Kier alpha value is -2.88. The predicted octanol–water partition coefficient (Wildman–Crippen LogP) is 4.64. The SMILES string of the molecule is CN=C(NCCc1c[nH]c2ccc(F)cc12)NCc1c(C)nn(-c2ccccc2)c1C.I. The first-order chi connectivity index (χ1) is 15.1. The minimum Gasteiger partial charge on any atom is -0.361 e. The molecule has 2 aromatic heterocycles. The molecule has 0 unspecified atom stereocenters. The monoisotopic (exact) mass is 546 g/mol. The van der Waals surface area contributed by atoms with Crippen LogP contribution in [0.5, 0.6) is 0 Å². The highest BCUT2D eigenvalue weighted by atomic mass is 127. The Labute approximate surface area is 204 Å². The third-order valence-corrected chi connectivity index (χ3v) is 5.51. The molecule has 0 bridgehead atoms. The Morgan fingerprint density at radius 2 is 1.91 bits per heavy atom. The second-order valence-electron chi connectivity index (χ2n) is 7.50. The van der Waals surface area contributed by atoms with Gasteiger partial charge in [0, 0.05) is 48.5 Å². The number of guanidine groups is 1. The summed E-state index contributed by atoms with van der Waals surface area (Å²) in [4.78, 5) is 7.51. The molecule has 0 aliphatic rings. The normalized spacial score (nSPS) is 11.4. The Morgan fingerprint density at radius 3 is 2.66 bits per heavy atom. The fourth-order valence-corrected chi connectivity index (χ4v) is 3.82. The number of halogens is 2. The molecule has 0 aliphatic carbocycles. The molecule has 4 rings (SSSR count). The van der Waals surface area contributed by atoms with E-state index >= 15 is 0 Å². The predicted molar refractivity (Wildman–Crippen MR) is 139 cm³/mol. The number of H-pyrrole nitrogens is 1. The number of para-hydroxylation sites is 1. The van der Waals surface area contributed by atoms with Crippen LogP contribution in [0.2, 0.25) is 0 Å². The van der Waals surface area contributed by atoms with Crippen LogP contribution in [-0.4, -0.2) is 34.3 Å². The van der Waals surface area contributed by atoms with Gasteiger partial charge in [0.25, 0.3) is 0 Å². The van der Waals surface area contributed by atoms with E-state index in [9.17, 15) is 4.39 Å². The fourth-order valence-electron chi connectivity index (χ4n) is 3.82. The van der Waals surface area contributed by atoms with E-state index in [4.69, 9.17) is 5.10 Å². The smallest absolute Gasteiger partial charge is 0.191 e. The van der Waals surface area contributed by atoms with Crippen molar-refractivity contribution in [2.75, 3.05) is 13.6 Å². The van der Waals surface area contributed by atoms with Gasteiger partial charge in [-0.15, -0.1) is 24.0 Å². The van der Waals surface area contributed by atoms with Crippen LogP contribution in [0.3, 0.4) is 0 Å². The van der Waals surface area contributed by atoms with Crippen LogP contribution in [0.15, 0.2) is 59.7 Å². The zero-order valence-corrected chi connectivity index (χ0v) is 20.8. The second-order valence-corrected chi connectivity index (χ2v) is 7.50. The van der Waals surface area contributed by atoms with E-state index in [1.165, 1.54) is 6.07 Å². The van der Waals surface area contributed by atoms with Crippen LogP contribution < -0.4 is 10.6 Å². The number of aliphatic imine (C=N–C) groups is 1. The zero-order chi connectivity index (χ0) is 21.8.